The maximum atomic E-state index is 13.2. The molecule has 0 spiro atoms. The Bertz CT molecular complexity index is 915. The number of rotatable bonds is 5. The van der Waals surface area contributed by atoms with Gasteiger partial charge < -0.3 is 20.1 Å². The number of methoxy groups -OCH3 is 1. The summed E-state index contributed by atoms with van der Waals surface area (Å²) in [6, 6.07) is 16.4. The minimum Gasteiger partial charge on any atom is -0.497 e. The second-order valence-electron chi connectivity index (χ2n) is 8.56. The van der Waals surface area contributed by atoms with Crippen LogP contribution in [0.2, 0.25) is 0 Å². The van der Waals surface area contributed by atoms with Crippen LogP contribution >= 0.6 is 0 Å². The first kappa shape index (κ1) is 21.4. The Morgan fingerprint density at radius 1 is 1.10 bits per heavy atom. The maximum Gasteiger partial charge on any atom is 0.251 e. The lowest BCUT2D eigenvalue weighted by molar-refractivity contribution is -0.154. The highest BCUT2D eigenvalue weighted by Gasteiger charge is 2.50. The van der Waals surface area contributed by atoms with Crippen molar-refractivity contribution in [3.63, 3.8) is 0 Å². The predicted octanol–water partition coefficient (Wildman–Crippen LogP) is 3.32. The molecule has 1 saturated heterocycles. The molecule has 6 heteroatoms. The fourth-order valence-corrected chi connectivity index (χ4v) is 5.12. The van der Waals surface area contributed by atoms with Gasteiger partial charge in [0.25, 0.3) is 5.91 Å². The summed E-state index contributed by atoms with van der Waals surface area (Å²) in [5.41, 5.74) is 0.781. The van der Waals surface area contributed by atoms with Crippen LogP contribution in [0, 0.1) is 5.92 Å². The SMILES string of the molecule is COc1ccc(C2C3CCCCC3(O)CCN2C(=O)CNC(=O)c2ccccc2)cc1. The Kier molecular flexibility index (Phi) is 6.28. The van der Waals surface area contributed by atoms with Gasteiger partial charge in [-0.15, -0.1) is 0 Å². The standard InChI is InChI=1S/C25H30N2O4/c1-31-20-12-10-18(11-13-20)23-21-9-5-6-14-25(21,30)15-16-27(23)22(28)17-26-24(29)19-7-3-2-4-8-19/h2-4,7-8,10-13,21,23,30H,5-6,9,14-17H2,1H3,(H,26,29). The summed E-state index contributed by atoms with van der Waals surface area (Å²) < 4.78 is 5.29. The molecule has 0 aromatic heterocycles. The number of nitrogens with one attached hydrogen (secondary N) is 1. The number of piperidine rings is 1. The summed E-state index contributed by atoms with van der Waals surface area (Å²) in [5.74, 6) is 0.350. The van der Waals surface area contributed by atoms with Crippen LogP contribution in [-0.2, 0) is 4.79 Å². The van der Waals surface area contributed by atoms with Crippen molar-refractivity contribution in [3.8, 4) is 5.75 Å². The van der Waals surface area contributed by atoms with Gasteiger partial charge in [0.15, 0.2) is 0 Å². The van der Waals surface area contributed by atoms with Crippen molar-refractivity contribution >= 4 is 11.8 Å². The van der Waals surface area contributed by atoms with Crippen LogP contribution < -0.4 is 10.1 Å². The molecule has 0 radical (unpaired) electrons. The minimum absolute atomic E-state index is 0.0165. The maximum absolute atomic E-state index is 13.2. The smallest absolute Gasteiger partial charge is 0.251 e. The van der Waals surface area contributed by atoms with E-state index in [1.807, 2.05) is 35.2 Å². The zero-order valence-corrected chi connectivity index (χ0v) is 17.9. The van der Waals surface area contributed by atoms with Gasteiger partial charge in [0.2, 0.25) is 5.91 Å². The molecule has 2 aliphatic rings. The molecule has 2 amide bonds. The van der Waals surface area contributed by atoms with E-state index in [9.17, 15) is 14.7 Å². The molecule has 3 atom stereocenters. The molecule has 3 unspecified atom stereocenters. The second kappa shape index (κ2) is 9.10. The van der Waals surface area contributed by atoms with Crippen molar-refractivity contribution < 1.29 is 19.4 Å². The van der Waals surface area contributed by atoms with E-state index < -0.39 is 5.60 Å². The molecule has 1 aliphatic heterocycles. The third-order valence-electron chi connectivity index (χ3n) is 6.78. The molecule has 1 heterocycles. The van der Waals surface area contributed by atoms with Crippen LogP contribution in [0.1, 0.15) is 54.1 Å². The third kappa shape index (κ3) is 4.44. The first-order valence-corrected chi connectivity index (χ1v) is 11.0. The quantitative estimate of drug-likeness (QED) is 0.775. The first-order valence-electron chi connectivity index (χ1n) is 11.0. The average molecular weight is 423 g/mol. The Hall–Kier alpha value is -2.86. The minimum atomic E-state index is -0.743. The zero-order chi connectivity index (χ0) is 21.8. The van der Waals surface area contributed by atoms with Gasteiger partial charge in [0.05, 0.1) is 25.3 Å². The van der Waals surface area contributed by atoms with Crippen LogP contribution in [0.4, 0.5) is 0 Å². The number of likely N-dealkylation sites (tertiary alicyclic amines) is 1. The molecule has 1 aliphatic carbocycles. The number of benzene rings is 2. The molecule has 164 valence electrons. The number of carbonyl (C=O) groups excluding carboxylic acids is 2. The van der Waals surface area contributed by atoms with E-state index in [2.05, 4.69) is 5.32 Å². The van der Waals surface area contributed by atoms with Crippen LogP contribution in [-0.4, -0.2) is 47.6 Å². The number of carbonyl (C=O) groups is 2. The van der Waals surface area contributed by atoms with Gasteiger partial charge >= 0.3 is 0 Å². The summed E-state index contributed by atoms with van der Waals surface area (Å²) in [4.78, 5) is 27.5. The molecule has 2 aromatic rings. The average Bonchev–Trinajstić information content (AvgIpc) is 2.82. The lowest BCUT2D eigenvalue weighted by atomic mass is 9.66. The zero-order valence-electron chi connectivity index (χ0n) is 17.9. The van der Waals surface area contributed by atoms with Gasteiger partial charge in [-0.2, -0.15) is 0 Å². The molecule has 1 saturated carbocycles. The van der Waals surface area contributed by atoms with E-state index in [1.165, 1.54) is 0 Å². The second-order valence-corrected chi connectivity index (χ2v) is 8.56. The highest BCUT2D eigenvalue weighted by Crippen LogP contribution is 2.49. The summed E-state index contributed by atoms with van der Waals surface area (Å²) in [6.45, 7) is 0.412. The number of nitrogens with zero attached hydrogens (tertiary/aromatic N) is 1. The molecular formula is C25H30N2O4. The summed E-state index contributed by atoms with van der Waals surface area (Å²) >= 11 is 0. The van der Waals surface area contributed by atoms with Crippen molar-refractivity contribution in [1.82, 2.24) is 10.2 Å². The van der Waals surface area contributed by atoms with Crippen molar-refractivity contribution in [1.29, 1.82) is 0 Å². The monoisotopic (exact) mass is 422 g/mol. The number of hydrogen-bond donors (Lipinski definition) is 2. The van der Waals surface area contributed by atoms with Gasteiger partial charge in [0.1, 0.15) is 5.75 Å². The number of fused-ring (bicyclic) bond motifs is 1. The van der Waals surface area contributed by atoms with Crippen molar-refractivity contribution in [2.45, 2.75) is 43.7 Å². The predicted molar refractivity (Wildman–Crippen MR) is 118 cm³/mol. The van der Waals surface area contributed by atoms with E-state index >= 15 is 0 Å². The first-order chi connectivity index (χ1) is 15.0. The van der Waals surface area contributed by atoms with Crippen molar-refractivity contribution in [2.75, 3.05) is 20.2 Å². The van der Waals surface area contributed by atoms with E-state index in [0.717, 1.165) is 37.0 Å². The van der Waals surface area contributed by atoms with Crippen LogP contribution in [0.5, 0.6) is 5.75 Å². The van der Waals surface area contributed by atoms with Crippen molar-refractivity contribution in [3.05, 3.63) is 65.7 Å². The molecular weight excluding hydrogens is 392 g/mol. The lowest BCUT2D eigenvalue weighted by Gasteiger charge is -2.52. The molecule has 4 rings (SSSR count). The third-order valence-corrected chi connectivity index (χ3v) is 6.78. The topological polar surface area (TPSA) is 78.9 Å². The Morgan fingerprint density at radius 2 is 1.84 bits per heavy atom. The number of hydrogen-bond acceptors (Lipinski definition) is 4. The molecule has 2 fully saturated rings. The van der Waals surface area contributed by atoms with Crippen molar-refractivity contribution in [2.24, 2.45) is 5.92 Å². The van der Waals surface area contributed by atoms with Gasteiger partial charge in [-0.3, -0.25) is 9.59 Å². The lowest BCUT2D eigenvalue weighted by Crippen LogP contribution is -2.57. The Balaban J connectivity index is 1.55. The molecule has 2 aromatic carbocycles. The number of amides is 2. The Morgan fingerprint density at radius 3 is 2.55 bits per heavy atom. The molecule has 6 nitrogen and oxygen atoms in total. The number of aliphatic hydroxyl groups is 1. The highest BCUT2D eigenvalue weighted by atomic mass is 16.5. The summed E-state index contributed by atoms with van der Waals surface area (Å²) in [5, 5.41) is 14.1. The van der Waals surface area contributed by atoms with Crippen LogP contribution in [0.15, 0.2) is 54.6 Å². The van der Waals surface area contributed by atoms with E-state index in [4.69, 9.17) is 4.74 Å². The number of ether oxygens (including phenoxy) is 1. The molecule has 0 bridgehead atoms. The van der Waals surface area contributed by atoms with E-state index in [-0.39, 0.29) is 30.3 Å². The largest absolute Gasteiger partial charge is 0.497 e. The van der Waals surface area contributed by atoms with Crippen LogP contribution in [0.25, 0.3) is 0 Å². The fourth-order valence-electron chi connectivity index (χ4n) is 5.12. The van der Waals surface area contributed by atoms with E-state index in [0.29, 0.717) is 18.5 Å². The van der Waals surface area contributed by atoms with Crippen LogP contribution in [0.3, 0.4) is 0 Å². The molecule has 2 N–H and O–H groups in total. The van der Waals surface area contributed by atoms with Gasteiger partial charge in [0, 0.05) is 18.0 Å². The van der Waals surface area contributed by atoms with Gasteiger partial charge in [-0.1, -0.05) is 43.2 Å². The fraction of sp³-hybridized carbons (Fsp3) is 0.440. The Labute approximate surface area is 183 Å². The van der Waals surface area contributed by atoms with E-state index in [1.54, 1.807) is 31.4 Å². The normalized spacial score (nSPS) is 25.4. The summed E-state index contributed by atoms with van der Waals surface area (Å²) in [6.07, 6.45) is 4.29. The van der Waals surface area contributed by atoms with Gasteiger partial charge in [-0.05, 0) is 49.1 Å². The highest BCUT2D eigenvalue weighted by molar-refractivity contribution is 5.96. The van der Waals surface area contributed by atoms with Gasteiger partial charge in [-0.25, -0.2) is 0 Å². The summed E-state index contributed by atoms with van der Waals surface area (Å²) in [7, 11) is 1.63. The molecule has 31 heavy (non-hydrogen) atoms.